The Morgan fingerprint density at radius 2 is 1.86 bits per heavy atom. The Morgan fingerprint density at radius 3 is 2.64 bits per heavy atom. The number of ether oxygens (including phenoxy) is 1. The monoisotopic (exact) mass is 292 g/mol. The first-order chi connectivity index (χ1) is 10.8. The lowest BCUT2D eigenvalue weighted by Gasteiger charge is -2.10. The van der Waals surface area contributed by atoms with Gasteiger partial charge >= 0.3 is 5.97 Å². The lowest BCUT2D eigenvalue weighted by Crippen LogP contribution is -2.05. The molecule has 0 amide bonds. The van der Waals surface area contributed by atoms with Gasteiger partial charge in [0.25, 0.3) is 0 Å². The second-order valence-corrected chi connectivity index (χ2v) is 4.75. The van der Waals surface area contributed by atoms with Gasteiger partial charge in [0, 0.05) is 6.08 Å². The smallest absolute Gasteiger partial charge is 0.332 e. The third-order valence-electron chi connectivity index (χ3n) is 3.32. The number of hydrogen-bond acceptors (Lipinski definition) is 3. The van der Waals surface area contributed by atoms with Crippen molar-refractivity contribution in [3.05, 3.63) is 72.6 Å². The molecule has 0 aliphatic carbocycles. The molecule has 0 fully saturated rings. The molecule has 3 aromatic rings. The van der Waals surface area contributed by atoms with Crippen molar-refractivity contribution in [2.24, 2.45) is 0 Å². The zero-order valence-electron chi connectivity index (χ0n) is 12.3. The Hall–Kier alpha value is -2.88. The molecular weight excluding hydrogens is 276 g/mol. The van der Waals surface area contributed by atoms with Gasteiger partial charge in [-0.05, 0) is 24.6 Å². The Labute approximate surface area is 128 Å². The van der Waals surface area contributed by atoms with Crippen molar-refractivity contribution >= 4 is 22.7 Å². The minimum atomic E-state index is -0.362. The molecule has 0 saturated carbocycles. The first-order valence-corrected chi connectivity index (χ1v) is 7.16. The van der Waals surface area contributed by atoms with E-state index < -0.39 is 0 Å². The maximum Gasteiger partial charge on any atom is 0.332 e. The molecule has 0 atom stereocenters. The van der Waals surface area contributed by atoms with Crippen LogP contribution in [0.3, 0.4) is 0 Å². The van der Waals surface area contributed by atoms with Crippen LogP contribution in [-0.2, 0) is 9.53 Å². The van der Waals surface area contributed by atoms with E-state index >= 15 is 0 Å². The zero-order valence-corrected chi connectivity index (χ0v) is 12.3. The van der Waals surface area contributed by atoms with Crippen LogP contribution in [-0.4, -0.2) is 22.1 Å². The van der Waals surface area contributed by atoms with Gasteiger partial charge in [0.1, 0.15) is 6.33 Å². The summed E-state index contributed by atoms with van der Waals surface area (Å²) >= 11 is 0. The SMILES string of the molecule is CCOC(=O)C=C(c1ccccc1)n1cnc2ccccc21. The number of benzene rings is 2. The largest absolute Gasteiger partial charge is 0.463 e. The molecule has 0 saturated heterocycles. The predicted octanol–water partition coefficient (Wildman–Crippen LogP) is 3.49. The highest BCUT2D eigenvalue weighted by molar-refractivity contribution is 5.93. The van der Waals surface area contributed by atoms with Gasteiger partial charge in [-0.25, -0.2) is 9.78 Å². The number of fused-ring (bicyclic) bond motifs is 1. The van der Waals surface area contributed by atoms with Crippen molar-refractivity contribution in [2.75, 3.05) is 6.61 Å². The first-order valence-electron chi connectivity index (χ1n) is 7.16. The number of carbonyl (C=O) groups excluding carboxylic acids is 1. The second kappa shape index (κ2) is 6.26. The number of esters is 1. The summed E-state index contributed by atoms with van der Waals surface area (Å²) in [4.78, 5) is 16.3. The minimum Gasteiger partial charge on any atom is -0.463 e. The van der Waals surface area contributed by atoms with E-state index in [2.05, 4.69) is 4.98 Å². The van der Waals surface area contributed by atoms with E-state index in [-0.39, 0.29) is 5.97 Å². The normalized spacial score (nSPS) is 11.6. The van der Waals surface area contributed by atoms with Crippen LogP contribution < -0.4 is 0 Å². The van der Waals surface area contributed by atoms with Crippen molar-refractivity contribution in [2.45, 2.75) is 6.92 Å². The van der Waals surface area contributed by atoms with Gasteiger partial charge in [-0.3, -0.25) is 4.57 Å². The van der Waals surface area contributed by atoms with Gasteiger partial charge in [-0.1, -0.05) is 42.5 Å². The highest BCUT2D eigenvalue weighted by Gasteiger charge is 2.11. The van der Waals surface area contributed by atoms with Gasteiger partial charge in [-0.2, -0.15) is 0 Å². The van der Waals surface area contributed by atoms with E-state index in [1.54, 1.807) is 13.3 Å². The molecule has 0 N–H and O–H groups in total. The van der Waals surface area contributed by atoms with E-state index in [0.717, 1.165) is 22.3 Å². The zero-order chi connectivity index (χ0) is 15.4. The molecule has 0 radical (unpaired) electrons. The average Bonchev–Trinajstić information content (AvgIpc) is 2.98. The van der Waals surface area contributed by atoms with Crippen LogP contribution in [0.1, 0.15) is 12.5 Å². The third-order valence-corrected chi connectivity index (χ3v) is 3.32. The van der Waals surface area contributed by atoms with Crippen molar-refractivity contribution in [1.82, 2.24) is 9.55 Å². The summed E-state index contributed by atoms with van der Waals surface area (Å²) in [7, 11) is 0. The molecule has 0 unspecified atom stereocenters. The van der Waals surface area contributed by atoms with E-state index in [9.17, 15) is 4.79 Å². The second-order valence-electron chi connectivity index (χ2n) is 4.75. The number of nitrogens with zero attached hydrogens (tertiary/aromatic N) is 2. The molecule has 22 heavy (non-hydrogen) atoms. The van der Waals surface area contributed by atoms with Crippen molar-refractivity contribution in [1.29, 1.82) is 0 Å². The molecule has 0 aliphatic rings. The maximum absolute atomic E-state index is 11.9. The highest BCUT2D eigenvalue weighted by atomic mass is 16.5. The van der Waals surface area contributed by atoms with Crippen molar-refractivity contribution < 1.29 is 9.53 Å². The van der Waals surface area contributed by atoms with Crippen molar-refractivity contribution in [3.63, 3.8) is 0 Å². The number of carbonyl (C=O) groups is 1. The molecule has 4 heteroatoms. The van der Waals surface area contributed by atoms with E-state index in [1.165, 1.54) is 6.08 Å². The number of rotatable bonds is 4. The van der Waals surface area contributed by atoms with Crippen LogP contribution in [0.4, 0.5) is 0 Å². The van der Waals surface area contributed by atoms with Crippen LogP contribution in [0.15, 0.2) is 67.0 Å². The lowest BCUT2D eigenvalue weighted by atomic mass is 10.1. The van der Waals surface area contributed by atoms with Crippen LogP contribution in [0.5, 0.6) is 0 Å². The summed E-state index contributed by atoms with van der Waals surface area (Å²) in [5.74, 6) is -0.362. The summed E-state index contributed by atoms with van der Waals surface area (Å²) < 4.78 is 6.96. The lowest BCUT2D eigenvalue weighted by molar-refractivity contribution is -0.137. The molecular formula is C18H16N2O2. The third kappa shape index (κ3) is 2.76. The summed E-state index contributed by atoms with van der Waals surface area (Å²) in [6, 6.07) is 17.5. The molecule has 0 spiro atoms. The molecule has 0 bridgehead atoms. The molecule has 1 heterocycles. The fourth-order valence-electron chi connectivity index (χ4n) is 2.35. The van der Waals surface area contributed by atoms with Gasteiger partial charge in [-0.15, -0.1) is 0 Å². The number of hydrogen-bond donors (Lipinski definition) is 0. The van der Waals surface area contributed by atoms with Crippen LogP contribution in [0.25, 0.3) is 16.7 Å². The van der Waals surface area contributed by atoms with Gasteiger partial charge in [0.2, 0.25) is 0 Å². The van der Waals surface area contributed by atoms with Gasteiger partial charge < -0.3 is 4.74 Å². The van der Waals surface area contributed by atoms with E-state index in [1.807, 2.05) is 59.2 Å². The minimum absolute atomic E-state index is 0.349. The van der Waals surface area contributed by atoms with E-state index in [4.69, 9.17) is 4.74 Å². The van der Waals surface area contributed by atoms with Gasteiger partial charge in [0.05, 0.1) is 23.3 Å². The highest BCUT2D eigenvalue weighted by Crippen LogP contribution is 2.22. The number of imidazole rings is 1. The summed E-state index contributed by atoms with van der Waals surface area (Å²) in [6.45, 7) is 2.14. The fourth-order valence-corrected chi connectivity index (χ4v) is 2.35. The molecule has 110 valence electrons. The Morgan fingerprint density at radius 1 is 1.14 bits per heavy atom. The number of para-hydroxylation sites is 2. The Bertz CT molecular complexity index is 819. The quantitative estimate of drug-likeness (QED) is 0.546. The first kappa shape index (κ1) is 14.1. The molecule has 1 aromatic heterocycles. The summed E-state index contributed by atoms with van der Waals surface area (Å²) in [5.41, 5.74) is 3.50. The average molecular weight is 292 g/mol. The van der Waals surface area contributed by atoms with Crippen LogP contribution in [0.2, 0.25) is 0 Å². The van der Waals surface area contributed by atoms with Crippen molar-refractivity contribution in [3.8, 4) is 0 Å². The fraction of sp³-hybridized carbons (Fsp3) is 0.111. The molecule has 3 rings (SSSR count). The standard InChI is InChI=1S/C18H16N2O2/c1-2-22-18(21)12-17(14-8-4-3-5-9-14)20-13-19-15-10-6-7-11-16(15)20/h3-13H,2H2,1H3. The predicted molar refractivity (Wildman–Crippen MR) is 86.2 cm³/mol. The van der Waals surface area contributed by atoms with Crippen LogP contribution >= 0.6 is 0 Å². The molecule has 2 aromatic carbocycles. The molecule has 4 nitrogen and oxygen atoms in total. The topological polar surface area (TPSA) is 44.1 Å². The number of aromatic nitrogens is 2. The Kier molecular flexibility index (Phi) is 4.01. The summed E-state index contributed by atoms with van der Waals surface area (Å²) in [6.07, 6.45) is 3.23. The van der Waals surface area contributed by atoms with Gasteiger partial charge in [0.15, 0.2) is 0 Å². The summed E-state index contributed by atoms with van der Waals surface area (Å²) in [5, 5.41) is 0. The molecule has 0 aliphatic heterocycles. The van der Waals surface area contributed by atoms with Crippen LogP contribution in [0, 0.1) is 0 Å². The Balaban J connectivity index is 2.15. The maximum atomic E-state index is 11.9. The van der Waals surface area contributed by atoms with E-state index in [0.29, 0.717) is 6.61 Å².